The first-order chi connectivity index (χ1) is 30.6. The Hall–Kier alpha value is -5.41. The molecule has 17 heteroatoms. The summed E-state index contributed by atoms with van der Waals surface area (Å²) in [4.78, 5) is 38.0. The second-order valence-corrected chi connectivity index (χ2v) is 18.8. The molecule has 3 saturated heterocycles. The number of halogens is 2. The normalized spacial score (nSPS) is 23.3. The molecule has 2 aliphatic carbocycles. The fraction of sp³-hybridized carbons (Fsp3) is 0.478. The number of piperidine rings is 1. The topological polar surface area (TPSA) is 154 Å². The lowest BCUT2D eigenvalue weighted by atomic mass is 9.56. The highest BCUT2D eigenvalue weighted by molar-refractivity contribution is 7.98. The molecule has 3 aliphatic heterocycles. The molecule has 2 saturated carbocycles. The molecule has 5 aromatic rings. The monoisotopic (exact) mass is 876 g/mol. The van der Waals surface area contributed by atoms with Crippen LogP contribution in [0.15, 0.2) is 48.7 Å². The minimum Gasteiger partial charge on any atom is -0.453 e. The highest BCUT2D eigenvalue weighted by Gasteiger charge is 2.47. The van der Waals surface area contributed by atoms with Gasteiger partial charge >= 0.3 is 6.03 Å². The van der Waals surface area contributed by atoms with Crippen LogP contribution in [0, 0.1) is 28.4 Å². The van der Waals surface area contributed by atoms with E-state index in [1.54, 1.807) is 37.0 Å². The lowest BCUT2D eigenvalue weighted by Crippen LogP contribution is -2.50. The second-order valence-electron chi connectivity index (χ2n) is 17.9. The van der Waals surface area contributed by atoms with E-state index < -0.39 is 11.8 Å². The van der Waals surface area contributed by atoms with Crippen LogP contribution < -0.4 is 19.7 Å². The fourth-order valence-electron chi connectivity index (χ4n) is 10.6. The number of hydrogen-bond donors (Lipinski definition) is 2. The van der Waals surface area contributed by atoms with Crippen molar-refractivity contribution in [3.05, 3.63) is 77.1 Å². The lowest BCUT2D eigenvalue weighted by molar-refractivity contribution is -0.120. The average Bonchev–Trinajstić information content (AvgIpc) is 3.88. The van der Waals surface area contributed by atoms with Crippen molar-refractivity contribution in [2.24, 2.45) is 12.5 Å². The molecule has 1 atom stereocenters. The van der Waals surface area contributed by atoms with Gasteiger partial charge in [0.25, 0.3) is 0 Å². The number of aromatic nitrogens is 4. The molecule has 1 unspecified atom stereocenters. The van der Waals surface area contributed by atoms with Gasteiger partial charge in [0.15, 0.2) is 17.4 Å². The van der Waals surface area contributed by atoms with Crippen molar-refractivity contribution in [2.45, 2.75) is 88.2 Å². The summed E-state index contributed by atoms with van der Waals surface area (Å²) in [7, 11) is 3.50. The summed E-state index contributed by atoms with van der Waals surface area (Å²) in [6.07, 6.45) is 11.4. The smallest absolute Gasteiger partial charge is 0.329 e. The van der Waals surface area contributed by atoms with Crippen LogP contribution in [0.4, 0.5) is 25.1 Å². The van der Waals surface area contributed by atoms with Crippen molar-refractivity contribution < 1.29 is 27.8 Å². The number of urea groups is 1. The number of rotatable bonds is 10. The maximum Gasteiger partial charge on any atom is 0.329 e. The maximum atomic E-state index is 15.8. The van der Waals surface area contributed by atoms with E-state index in [1.165, 1.54) is 29.2 Å². The van der Waals surface area contributed by atoms with Gasteiger partial charge in [-0.3, -0.25) is 24.7 Å². The molecule has 63 heavy (non-hydrogen) atoms. The number of anilines is 2. The molecular formula is C46H50F2N10O4S. The van der Waals surface area contributed by atoms with Gasteiger partial charge in [0, 0.05) is 82.0 Å². The van der Waals surface area contributed by atoms with E-state index in [0.29, 0.717) is 56.6 Å². The number of nitrogens with one attached hydrogen (secondary N) is 2. The number of hydrogen-bond acceptors (Lipinski definition) is 12. The molecule has 14 nitrogen and oxygen atoms in total. The number of aryl methyl sites for hydroxylation is 1. The van der Waals surface area contributed by atoms with Crippen LogP contribution in [-0.4, -0.2) is 92.9 Å². The van der Waals surface area contributed by atoms with Crippen molar-refractivity contribution in [3.63, 3.8) is 0 Å². The Kier molecular flexibility index (Phi) is 11.2. The van der Waals surface area contributed by atoms with Gasteiger partial charge in [-0.2, -0.15) is 10.4 Å². The summed E-state index contributed by atoms with van der Waals surface area (Å²) >= 11 is 1.37. The number of carbonyl (C=O) groups excluding carboxylic acids is 2. The number of benzene rings is 3. The fourth-order valence-corrected chi connectivity index (χ4v) is 11.4. The Morgan fingerprint density at radius 1 is 0.952 bits per heavy atom. The number of carbonyl (C=O) groups is 2. The zero-order valence-electron chi connectivity index (χ0n) is 35.4. The molecule has 2 N–H and O–H groups in total. The van der Waals surface area contributed by atoms with Gasteiger partial charge in [-0.1, -0.05) is 0 Å². The van der Waals surface area contributed by atoms with Crippen molar-refractivity contribution in [1.29, 1.82) is 5.26 Å². The zero-order chi connectivity index (χ0) is 43.4. The second kappa shape index (κ2) is 16.9. The first-order valence-corrected chi connectivity index (χ1v) is 22.7. The van der Waals surface area contributed by atoms with Crippen molar-refractivity contribution in [2.75, 3.05) is 49.5 Å². The number of methoxy groups -OCH3 is 1. The van der Waals surface area contributed by atoms with Gasteiger partial charge in [-0.05, 0) is 124 Å². The largest absolute Gasteiger partial charge is 0.453 e. The summed E-state index contributed by atoms with van der Waals surface area (Å²) in [5, 5.41) is 17.5. The van der Waals surface area contributed by atoms with Crippen LogP contribution in [0.25, 0.3) is 21.9 Å². The van der Waals surface area contributed by atoms with E-state index in [1.807, 2.05) is 18.3 Å². The van der Waals surface area contributed by atoms with Crippen molar-refractivity contribution in [1.82, 2.24) is 34.3 Å². The number of nitriles is 1. The SMILES string of the molecule is COC1CCN(SNc2ccc(F)c(Oc3ccc4ncc(C5CC6(CCN(C7CCC(c8cc9c(cc8F)c(N8CCC(=O)NC8=O)nn9C)CC7)CC6)C5)nc4c3)c2C#N)C1. The summed E-state index contributed by atoms with van der Waals surface area (Å²) in [6, 6.07) is 13.6. The first-order valence-electron chi connectivity index (χ1n) is 22.0. The summed E-state index contributed by atoms with van der Waals surface area (Å²) in [5.74, 6) is -0.179. The number of imide groups is 1. The summed E-state index contributed by atoms with van der Waals surface area (Å²) in [5.41, 5.74) is 4.67. The Balaban J connectivity index is 0.736. The minimum atomic E-state index is -0.626. The van der Waals surface area contributed by atoms with Gasteiger partial charge in [0.1, 0.15) is 23.2 Å². The van der Waals surface area contributed by atoms with Crippen LogP contribution >= 0.6 is 12.1 Å². The van der Waals surface area contributed by atoms with Crippen LogP contribution in [0.1, 0.15) is 92.9 Å². The average molecular weight is 877 g/mol. The summed E-state index contributed by atoms with van der Waals surface area (Å²) in [6.45, 7) is 3.92. The maximum absolute atomic E-state index is 15.8. The molecule has 5 heterocycles. The number of likely N-dealkylation sites (tertiary alicyclic amines) is 1. The Morgan fingerprint density at radius 2 is 1.76 bits per heavy atom. The van der Waals surface area contributed by atoms with E-state index in [-0.39, 0.29) is 48.0 Å². The van der Waals surface area contributed by atoms with E-state index in [9.17, 15) is 14.9 Å². The molecule has 1 spiro atoms. The molecule has 2 aromatic heterocycles. The van der Waals surface area contributed by atoms with Gasteiger partial charge in [-0.25, -0.2) is 22.9 Å². The Morgan fingerprint density at radius 3 is 2.51 bits per heavy atom. The lowest BCUT2D eigenvalue weighted by Gasteiger charge is -2.53. The van der Waals surface area contributed by atoms with Gasteiger partial charge in [-0.15, -0.1) is 0 Å². The standard InChI is InChI=1S/C46H50F2N10O4S/c1-55-41-21-32(36(48)20-33(41)44(53-55)58-16-12-42(59)52-45(58)60)27-3-5-29(6-4-27)56-17-13-46(14-18-56)22-28(23-46)40-25-50-38-9-7-30(19-39(38)51-40)62-43-34(24-49)37(10-8-35(43)47)54-63-57-15-11-31(26-57)61-2/h7-10,19-21,25,27-29,31,54H,3-6,11-18,22-23,26H2,1-2H3,(H,52,59,60). The van der Waals surface area contributed by atoms with E-state index in [0.717, 1.165) is 95.2 Å². The molecule has 3 aromatic carbocycles. The van der Waals surface area contributed by atoms with Crippen LogP contribution in [-0.2, 0) is 16.6 Å². The molecule has 328 valence electrons. The molecule has 5 fully saturated rings. The summed E-state index contributed by atoms with van der Waals surface area (Å²) < 4.78 is 49.5. The number of amides is 3. The van der Waals surface area contributed by atoms with Gasteiger partial charge < -0.3 is 19.1 Å². The van der Waals surface area contributed by atoms with Crippen molar-refractivity contribution in [3.8, 4) is 17.6 Å². The minimum absolute atomic E-state index is 0.0844. The van der Waals surface area contributed by atoms with Crippen molar-refractivity contribution >= 4 is 57.5 Å². The molecule has 0 bridgehead atoms. The third kappa shape index (κ3) is 8.07. The van der Waals surface area contributed by atoms with Gasteiger partial charge in [0.05, 0.1) is 34.0 Å². The quantitative estimate of drug-likeness (QED) is 0.130. The molecule has 3 amide bonds. The van der Waals surface area contributed by atoms with Gasteiger partial charge in [0.2, 0.25) is 5.91 Å². The highest BCUT2D eigenvalue weighted by atomic mass is 32.2. The van der Waals surface area contributed by atoms with E-state index in [2.05, 4.69) is 30.4 Å². The third-order valence-electron chi connectivity index (χ3n) is 14.2. The van der Waals surface area contributed by atoms with Crippen LogP contribution in [0.2, 0.25) is 0 Å². The van der Waals surface area contributed by atoms with E-state index in [4.69, 9.17) is 19.4 Å². The number of nitrogens with zero attached hydrogens (tertiary/aromatic N) is 8. The third-order valence-corrected chi connectivity index (χ3v) is 15.1. The predicted octanol–water partition coefficient (Wildman–Crippen LogP) is 8.29. The highest BCUT2D eigenvalue weighted by Crippen LogP contribution is 2.57. The first kappa shape index (κ1) is 41.6. The molecule has 5 aliphatic rings. The number of ether oxygens (including phenoxy) is 2. The molecule has 0 radical (unpaired) electrons. The Labute approximate surface area is 368 Å². The molecule has 10 rings (SSSR count). The van der Waals surface area contributed by atoms with E-state index >= 15 is 8.78 Å². The Bertz CT molecular complexity index is 2630. The predicted molar refractivity (Wildman–Crippen MR) is 235 cm³/mol. The van der Waals surface area contributed by atoms with Crippen LogP contribution in [0.3, 0.4) is 0 Å². The van der Waals surface area contributed by atoms with Crippen LogP contribution in [0.5, 0.6) is 11.5 Å². The number of fused-ring (bicyclic) bond motifs is 2. The zero-order valence-corrected chi connectivity index (χ0v) is 36.2. The molecular weight excluding hydrogens is 827 g/mol.